The van der Waals surface area contributed by atoms with E-state index in [1.165, 1.54) is 37.9 Å². The number of carbonyl (C=O) groups is 1. The molecule has 19 heavy (non-hydrogen) atoms. The first-order valence-electron chi connectivity index (χ1n) is 7.58. The highest BCUT2D eigenvalue weighted by atomic mass is 33.1. The fraction of sp³-hybridized carbons (Fsp3) is 0.929. The van der Waals surface area contributed by atoms with Crippen LogP contribution in [-0.2, 0) is 4.79 Å². The van der Waals surface area contributed by atoms with Crippen molar-refractivity contribution in [2.24, 2.45) is 5.73 Å². The van der Waals surface area contributed by atoms with Crippen LogP contribution in [0.15, 0.2) is 0 Å². The first kappa shape index (κ1) is 17.2. The smallest absolute Gasteiger partial charge is 0.219 e. The van der Waals surface area contributed by atoms with Gasteiger partial charge in [-0.2, -0.15) is 0 Å². The molecule has 1 aliphatic rings. The Bertz CT molecular complexity index is 233. The maximum atomic E-state index is 11.6. The molecule has 1 saturated heterocycles. The molecule has 0 aromatic carbocycles. The standard InChI is InChI=1S/C14H28N2OS2/c15-10-5-1-2-6-11-16-14(17)8-4-3-7-13-9-12-18-19-13/h13H,1-12,15H2,(H,16,17). The molecule has 1 atom stereocenters. The average Bonchev–Trinajstić information content (AvgIpc) is 2.92. The van der Waals surface area contributed by atoms with Crippen LogP contribution < -0.4 is 11.1 Å². The van der Waals surface area contributed by atoms with E-state index in [4.69, 9.17) is 5.73 Å². The molecule has 0 radical (unpaired) electrons. The largest absolute Gasteiger partial charge is 0.356 e. The van der Waals surface area contributed by atoms with Crippen molar-refractivity contribution in [3.05, 3.63) is 0 Å². The number of hydrogen-bond acceptors (Lipinski definition) is 4. The Morgan fingerprint density at radius 3 is 2.74 bits per heavy atom. The summed E-state index contributed by atoms with van der Waals surface area (Å²) < 4.78 is 0. The molecule has 0 spiro atoms. The molecule has 1 heterocycles. The maximum absolute atomic E-state index is 11.6. The molecule has 1 amide bonds. The number of amides is 1. The van der Waals surface area contributed by atoms with E-state index in [1.807, 2.05) is 21.6 Å². The molecular weight excluding hydrogens is 276 g/mol. The van der Waals surface area contributed by atoms with Gasteiger partial charge < -0.3 is 11.1 Å². The number of unbranched alkanes of at least 4 members (excludes halogenated alkanes) is 4. The van der Waals surface area contributed by atoms with E-state index in [-0.39, 0.29) is 5.91 Å². The number of rotatable bonds is 11. The summed E-state index contributed by atoms with van der Waals surface area (Å²) in [6.45, 7) is 1.61. The number of carbonyl (C=O) groups excluding carboxylic acids is 1. The van der Waals surface area contributed by atoms with E-state index in [2.05, 4.69) is 5.32 Å². The lowest BCUT2D eigenvalue weighted by atomic mass is 10.1. The monoisotopic (exact) mass is 304 g/mol. The second-order valence-corrected chi connectivity index (χ2v) is 7.92. The molecule has 3 nitrogen and oxygen atoms in total. The van der Waals surface area contributed by atoms with E-state index < -0.39 is 0 Å². The topological polar surface area (TPSA) is 55.1 Å². The van der Waals surface area contributed by atoms with Gasteiger partial charge in [-0.1, -0.05) is 40.9 Å². The van der Waals surface area contributed by atoms with Gasteiger partial charge in [-0.15, -0.1) is 0 Å². The maximum Gasteiger partial charge on any atom is 0.219 e. The molecule has 5 heteroatoms. The van der Waals surface area contributed by atoms with Gasteiger partial charge in [0, 0.05) is 24.0 Å². The van der Waals surface area contributed by atoms with Gasteiger partial charge in [-0.25, -0.2) is 0 Å². The second kappa shape index (κ2) is 11.9. The lowest BCUT2D eigenvalue weighted by Crippen LogP contribution is -2.24. The summed E-state index contributed by atoms with van der Waals surface area (Å²) in [7, 11) is 4.03. The van der Waals surface area contributed by atoms with Crippen LogP contribution in [-0.4, -0.2) is 30.0 Å². The van der Waals surface area contributed by atoms with E-state index in [0.717, 1.165) is 37.6 Å². The molecule has 112 valence electrons. The summed E-state index contributed by atoms with van der Waals surface area (Å²) in [5.74, 6) is 1.53. The highest BCUT2D eigenvalue weighted by Crippen LogP contribution is 2.39. The van der Waals surface area contributed by atoms with Gasteiger partial charge in [-0.05, 0) is 38.6 Å². The molecule has 0 aliphatic carbocycles. The van der Waals surface area contributed by atoms with Gasteiger partial charge in [0.05, 0.1) is 0 Å². The predicted molar refractivity (Wildman–Crippen MR) is 87.5 cm³/mol. The highest BCUT2D eigenvalue weighted by molar-refractivity contribution is 8.77. The number of nitrogens with two attached hydrogens (primary N) is 1. The zero-order valence-corrected chi connectivity index (χ0v) is 13.5. The summed E-state index contributed by atoms with van der Waals surface area (Å²) in [5, 5.41) is 3.85. The first-order valence-corrected chi connectivity index (χ1v) is 9.96. The van der Waals surface area contributed by atoms with Crippen LogP contribution in [0.4, 0.5) is 0 Å². The van der Waals surface area contributed by atoms with Crippen molar-refractivity contribution in [2.45, 2.75) is 63.0 Å². The Hall–Kier alpha value is 0.130. The van der Waals surface area contributed by atoms with Crippen LogP contribution in [0.1, 0.15) is 57.8 Å². The van der Waals surface area contributed by atoms with Crippen LogP contribution in [0.3, 0.4) is 0 Å². The van der Waals surface area contributed by atoms with Crippen LogP contribution in [0.25, 0.3) is 0 Å². The molecule has 1 fully saturated rings. The van der Waals surface area contributed by atoms with Crippen molar-refractivity contribution >= 4 is 27.5 Å². The van der Waals surface area contributed by atoms with Crippen molar-refractivity contribution < 1.29 is 4.79 Å². The van der Waals surface area contributed by atoms with Crippen molar-refractivity contribution in [2.75, 3.05) is 18.8 Å². The quantitative estimate of drug-likeness (QED) is 0.454. The summed E-state index contributed by atoms with van der Waals surface area (Å²) in [6.07, 6.45) is 10.1. The van der Waals surface area contributed by atoms with Gasteiger partial charge >= 0.3 is 0 Å². The molecule has 1 aliphatic heterocycles. The van der Waals surface area contributed by atoms with Gasteiger partial charge in [0.2, 0.25) is 5.91 Å². The Balaban J connectivity index is 1.82. The van der Waals surface area contributed by atoms with Gasteiger partial charge in [0.25, 0.3) is 0 Å². The summed E-state index contributed by atoms with van der Waals surface area (Å²) in [6, 6.07) is 0. The molecule has 0 aromatic heterocycles. The Kier molecular flexibility index (Phi) is 10.8. The van der Waals surface area contributed by atoms with E-state index in [1.54, 1.807) is 0 Å². The molecule has 3 N–H and O–H groups in total. The van der Waals surface area contributed by atoms with Gasteiger partial charge in [0.15, 0.2) is 0 Å². The number of nitrogens with one attached hydrogen (secondary N) is 1. The molecular formula is C14H28N2OS2. The fourth-order valence-electron chi connectivity index (χ4n) is 2.16. The minimum absolute atomic E-state index is 0.229. The summed E-state index contributed by atoms with van der Waals surface area (Å²) in [4.78, 5) is 11.6. The molecule has 1 unspecified atom stereocenters. The molecule has 0 bridgehead atoms. The number of hydrogen-bond donors (Lipinski definition) is 2. The predicted octanol–water partition coefficient (Wildman–Crippen LogP) is 3.34. The zero-order valence-electron chi connectivity index (χ0n) is 11.9. The minimum atomic E-state index is 0.229. The molecule has 1 rings (SSSR count). The van der Waals surface area contributed by atoms with Crippen molar-refractivity contribution in [3.8, 4) is 0 Å². The lowest BCUT2D eigenvalue weighted by Gasteiger charge is -2.07. The average molecular weight is 305 g/mol. The van der Waals surface area contributed by atoms with Crippen molar-refractivity contribution in [3.63, 3.8) is 0 Å². The third-order valence-electron chi connectivity index (χ3n) is 3.36. The lowest BCUT2D eigenvalue weighted by molar-refractivity contribution is -0.121. The Morgan fingerprint density at radius 1 is 1.16 bits per heavy atom. The van der Waals surface area contributed by atoms with Crippen LogP contribution in [0.2, 0.25) is 0 Å². The highest BCUT2D eigenvalue weighted by Gasteiger charge is 2.15. The summed E-state index contributed by atoms with van der Waals surface area (Å²) in [5.41, 5.74) is 5.43. The third kappa shape index (κ3) is 9.63. The van der Waals surface area contributed by atoms with Gasteiger partial charge in [0.1, 0.15) is 0 Å². The van der Waals surface area contributed by atoms with Crippen molar-refractivity contribution in [1.29, 1.82) is 0 Å². The Labute approximate surface area is 125 Å². The SMILES string of the molecule is NCCCCCCNC(=O)CCCCC1CCSS1. The molecule has 0 aromatic rings. The first-order chi connectivity index (χ1) is 9.33. The molecule has 0 saturated carbocycles. The van der Waals surface area contributed by atoms with E-state index in [0.29, 0.717) is 6.42 Å². The normalized spacial score (nSPS) is 18.7. The van der Waals surface area contributed by atoms with E-state index >= 15 is 0 Å². The van der Waals surface area contributed by atoms with Crippen LogP contribution in [0, 0.1) is 0 Å². The van der Waals surface area contributed by atoms with Gasteiger partial charge in [-0.3, -0.25) is 4.79 Å². The van der Waals surface area contributed by atoms with Crippen molar-refractivity contribution in [1.82, 2.24) is 5.32 Å². The minimum Gasteiger partial charge on any atom is -0.356 e. The van der Waals surface area contributed by atoms with E-state index in [9.17, 15) is 4.79 Å². The van der Waals surface area contributed by atoms with Crippen LogP contribution in [0.5, 0.6) is 0 Å². The summed E-state index contributed by atoms with van der Waals surface area (Å²) >= 11 is 0. The van der Waals surface area contributed by atoms with Crippen LogP contribution >= 0.6 is 21.6 Å². The second-order valence-electron chi connectivity index (χ2n) is 5.13. The zero-order chi connectivity index (χ0) is 13.8. The third-order valence-corrected chi connectivity index (χ3v) is 6.37. The fourth-order valence-corrected chi connectivity index (χ4v) is 5.19. The Morgan fingerprint density at radius 2 is 2.00 bits per heavy atom.